The highest BCUT2D eigenvalue weighted by molar-refractivity contribution is 6.33. The van der Waals surface area contributed by atoms with E-state index in [1.165, 1.54) is 13.4 Å². The van der Waals surface area contributed by atoms with Crippen LogP contribution >= 0.6 is 11.6 Å². The molecule has 1 heterocycles. The van der Waals surface area contributed by atoms with Gasteiger partial charge in [-0.1, -0.05) is 11.6 Å². The van der Waals surface area contributed by atoms with Crippen molar-refractivity contribution in [3.05, 3.63) is 46.5 Å². The number of rotatable bonds is 8. The molecule has 34 heavy (non-hydrogen) atoms. The van der Waals surface area contributed by atoms with Crippen molar-refractivity contribution >= 4 is 35.0 Å². The van der Waals surface area contributed by atoms with Crippen molar-refractivity contribution in [1.29, 1.82) is 0 Å². The largest absolute Gasteiger partial charge is 0.383 e. The summed E-state index contributed by atoms with van der Waals surface area (Å²) >= 11 is 5.91. The van der Waals surface area contributed by atoms with Gasteiger partial charge in [-0.15, -0.1) is 0 Å². The molecule has 3 amide bonds. The molecule has 1 saturated carbocycles. The molecule has 1 aliphatic rings. The summed E-state index contributed by atoms with van der Waals surface area (Å²) in [5.74, 6) is -4.23. The van der Waals surface area contributed by atoms with Gasteiger partial charge in [0.1, 0.15) is 5.69 Å². The first-order valence-corrected chi connectivity index (χ1v) is 11.1. The van der Waals surface area contributed by atoms with Crippen molar-refractivity contribution in [2.75, 3.05) is 19.0 Å². The van der Waals surface area contributed by atoms with Gasteiger partial charge in [-0.25, -0.2) is 13.8 Å². The summed E-state index contributed by atoms with van der Waals surface area (Å²) < 4.78 is 32.0. The standard InChI is InChI=1S/C22H26ClF2N5O4/c1-11(9-34-2)30(22(33)19-18(20(26)31)27-10-28-19)13-5-3-12(4-6-13)21(32)29-17-8-16(25)15(24)7-14(17)23/h7-8,10-13H,3-6,9H2,1-2H3,(H2,26,31)(H,27,28)(H,29,32). The summed E-state index contributed by atoms with van der Waals surface area (Å²) in [5.41, 5.74) is 5.20. The molecule has 0 aliphatic heterocycles. The Kier molecular flexibility index (Phi) is 8.21. The molecule has 1 atom stereocenters. The second-order valence-corrected chi connectivity index (χ2v) is 8.66. The van der Waals surface area contributed by atoms with E-state index in [0.29, 0.717) is 25.7 Å². The third-order valence-corrected chi connectivity index (χ3v) is 6.25. The number of carbonyl (C=O) groups is 3. The molecule has 184 valence electrons. The Bertz CT molecular complexity index is 1070. The van der Waals surface area contributed by atoms with Crippen molar-refractivity contribution in [2.24, 2.45) is 11.7 Å². The first-order valence-electron chi connectivity index (χ1n) is 10.7. The minimum absolute atomic E-state index is 0.00305. The van der Waals surface area contributed by atoms with Gasteiger partial charge in [0, 0.05) is 25.1 Å². The van der Waals surface area contributed by atoms with E-state index in [1.54, 1.807) is 4.90 Å². The molecule has 12 heteroatoms. The van der Waals surface area contributed by atoms with Crippen LogP contribution in [0.1, 0.15) is 53.6 Å². The SMILES string of the molecule is COCC(C)N(C(=O)c1[nH]cnc1C(N)=O)C1CCC(C(=O)Nc2cc(F)c(F)cc2Cl)CC1. The average molecular weight is 498 g/mol. The van der Waals surface area contributed by atoms with E-state index in [4.69, 9.17) is 22.1 Å². The molecular weight excluding hydrogens is 472 g/mol. The lowest BCUT2D eigenvalue weighted by Crippen LogP contribution is -2.50. The van der Waals surface area contributed by atoms with E-state index in [0.717, 1.165) is 12.1 Å². The number of nitrogens with zero attached hydrogens (tertiary/aromatic N) is 2. The van der Waals surface area contributed by atoms with Gasteiger partial charge in [-0.3, -0.25) is 14.4 Å². The van der Waals surface area contributed by atoms with Gasteiger partial charge in [0.15, 0.2) is 17.3 Å². The van der Waals surface area contributed by atoms with Gasteiger partial charge in [0.25, 0.3) is 11.8 Å². The Hall–Kier alpha value is -3.05. The topological polar surface area (TPSA) is 130 Å². The smallest absolute Gasteiger partial charge is 0.273 e. The number of benzene rings is 1. The molecule has 1 fully saturated rings. The predicted molar refractivity (Wildman–Crippen MR) is 120 cm³/mol. The molecule has 1 aromatic carbocycles. The average Bonchev–Trinajstić information content (AvgIpc) is 3.28. The molecule has 0 radical (unpaired) electrons. The fourth-order valence-electron chi connectivity index (χ4n) is 4.29. The zero-order valence-corrected chi connectivity index (χ0v) is 19.5. The number of anilines is 1. The molecule has 0 saturated heterocycles. The van der Waals surface area contributed by atoms with Crippen LogP contribution < -0.4 is 11.1 Å². The van der Waals surface area contributed by atoms with E-state index in [9.17, 15) is 23.2 Å². The zero-order chi connectivity index (χ0) is 25.0. The quantitative estimate of drug-likeness (QED) is 0.482. The Morgan fingerprint density at radius 1 is 1.26 bits per heavy atom. The van der Waals surface area contributed by atoms with Gasteiger partial charge in [-0.2, -0.15) is 0 Å². The number of halogens is 3. The minimum atomic E-state index is -1.11. The number of aromatic amines is 1. The number of ether oxygens (including phenoxy) is 1. The normalized spacial score (nSPS) is 18.9. The molecule has 9 nitrogen and oxygen atoms in total. The van der Waals surface area contributed by atoms with Crippen LogP contribution in [-0.4, -0.2) is 58.4 Å². The van der Waals surface area contributed by atoms with Crippen LogP contribution in [0, 0.1) is 17.6 Å². The summed E-state index contributed by atoms with van der Waals surface area (Å²) in [6, 6.07) is 1.10. The molecule has 3 rings (SSSR count). The fourth-order valence-corrected chi connectivity index (χ4v) is 4.49. The van der Waals surface area contributed by atoms with Crippen LogP contribution in [0.5, 0.6) is 0 Å². The van der Waals surface area contributed by atoms with Gasteiger partial charge in [0.2, 0.25) is 5.91 Å². The van der Waals surface area contributed by atoms with Crippen molar-refractivity contribution < 1.29 is 27.9 Å². The van der Waals surface area contributed by atoms with Crippen LogP contribution in [-0.2, 0) is 9.53 Å². The number of primary amides is 1. The highest BCUT2D eigenvalue weighted by atomic mass is 35.5. The number of amides is 3. The highest BCUT2D eigenvalue weighted by Crippen LogP contribution is 2.32. The summed E-state index contributed by atoms with van der Waals surface area (Å²) in [4.78, 5) is 45.9. The van der Waals surface area contributed by atoms with Crippen LogP contribution in [0.15, 0.2) is 18.5 Å². The minimum Gasteiger partial charge on any atom is -0.383 e. The van der Waals surface area contributed by atoms with Crippen molar-refractivity contribution in [2.45, 2.75) is 44.7 Å². The lowest BCUT2D eigenvalue weighted by Gasteiger charge is -2.39. The van der Waals surface area contributed by atoms with Crippen LogP contribution in [0.4, 0.5) is 14.5 Å². The summed E-state index contributed by atoms with van der Waals surface area (Å²) in [6.45, 7) is 2.09. The second-order valence-electron chi connectivity index (χ2n) is 8.25. The third kappa shape index (κ3) is 5.53. The van der Waals surface area contributed by atoms with Gasteiger partial charge in [0.05, 0.1) is 29.7 Å². The number of aromatic nitrogens is 2. The monoisotopic (exact) mass is 497 g/mol. The Balaban J connectivity index is 1.71. The first-order chi connectivity index (χ1) is 16.1. The van der Waals surface area contributed by atoms with E-state index >= 15 is 0 Å². The summed E-state index contributed by atoms with van der Waals surface area (Å²) in [6.07, 6.45) is 3.14. The van der Waals surface area contributed by atoms with Crippen LogP contribution in [0.3, 0.4) is 0 Å². The van der Waals surface area contributed by atoms with E-state index in [1.807, 2.05) is 6.92 Å². The summed E-state index contributed by atoms with van der Waals surface area (Å²) in [5, 5.41) is 2.46. The van der Waals surface area contributed by atoms with E-state index in [-0.39, 0.29) is 46.7 Å². The molecular formula is C22H26ClF2N5O4. The van der Waals surface area contributed by atoms with Gasteiger partial charge < -0.3 is 25.7 Å². The number of methoxy groups -OCH3 is 1. The third-order valence-electron chi connectivity index (χ3n) is 5.93. The van der Waals surface area contributed by atoms with E-state index < -0.39 is 29.4 Å². The molecule has 1 aromatic heterocycles. The lowest BCUT2D eigenvalue weighted by molar-refractivity contribution is -0.121. The molecule has 0 bridgehead atoms. The second kappa shape index (κ2) is 10.9. The fraction of sp³-hybridized carbons (Fsp3) is 0.455. The highest BCUT2D eigenvalue weighted by Gasteiger charge is 2.36. The van der Waals surface area contributed by atoms with E-state index in [2.05, 4.69) is 15.3 Å². The Morgan fingerprint density at radius 3 is 2.53 bits per heavy atom. The number of H-pyrrole nitrogens is 1. The Labute approximate surface area is 200 Å². The summed E-state index contributed by atoms with van der Waals surface area (Å²) in [7, 11) is 1.52. The van der Waals surface area contributed by atoms with Crippen molar-refractivity contribution in [1.82, 2.24) is 14.9 Å². The van der Waals surface area contributed by atoms with Crippen LogP contribution in [0.2, 0.25) is 5.02 Å². The molecule has 1 unspecified atom stereocenters. The Morgan fingerprint density at radius 2 is 1.91 bits per heavy atom. The molecule has 0 spiro atoms. The number of imidazole rings is 1. The molecule has 4 N–H and O–H groups in total. The predicted octanol–water partition coefficient (Wildman–Crippen LogP) is 3.11. The number of hydrogen-bond acceptors (Lipinski definition) is 5. The van der Waals surface area contributed by atoms with Crippen LogP contribution in [0.25, 0.3) is 0 Å². The maximum absolute atomic E-state index is 13.5. The maximum Gasteiger partial charge on any atom is 0.273 e. The zero-order valence-electron chi connectivity index (χ0n) is 18.7. The number of hydrogen-bond donors (Lipinski definition) is 3. The molecule has 1 aliphatic carbocycles. The number of nitrogens with one attached hydrogen (secondary N) is 2. The lowest BCUT2D eigenvalue weighted by atomic mass is 9.84. The van der Waals surface area contributed by atoms with Crippen molar-refractivity contribution in [3.63, 3.8) is 0 Å². The maximum atomic E-state index is 13.5. The molecule has 2 aromatic rings. The number of nitrogens with two attached hydrogens (primary N) is 1. The van der Waals surface area contributed by atoms with Gasteiger partial charge in [-0.05, 0) is 38.7 Å². The first kappa shape index (κ1) is 25.6. The number of carbonyl (C=O) groups excluding carboxylic acids is 3. The van der Waals surface area contributed by atoms with Gasteiger partial charge >= 0.3 is 0 Å². The van der Waals surface area contributed by atoms with Crippen molar-refractivity contribution in [3.8, 4) is 0 Å².